The van der Waals surface area contributed by atoms with Gasteiger partial charge in [-0.2, -0.15) is 13.2 Å². The SMILES string of the molecule is FC(F)(F)c1ccccc1Oc1ccccc1-c1c2c(c3c4c(cccc14)Oc1ccc4ccccc4c1-3)CCC2. The van der Waals surface area contributed by atoms with Crippen LogP contribution >= 0.6 is 0 Å². The standard InChI is InChI=1S/C36H23F3O2/c37-36(38,39)27-15-4-6-17-29(27)40-28-16-5-3-11-25(28)32-23-12-7-13-24(23)35-33-22-10-2-1-9-21(22)19-20-31(33)41-30-18-8-14-26(32)34(30)35/h1-6,8-11,14-20H,7,12-13H2. The van der Waals surface area contributed by atoms with Crippen LogP contribution in [0.2, 0.25) is 0 Å². The molecule has 0 fully saturated rings. The average molecular weight is 545 g/mol. The summed E-state index contributed by atoms with van der Waals surface area (Å²) < 4.78 is 54.1. The zero-order valence-corrected chi connectivity index (χ0v) is 21.9. The van der Waals surface area contributed by atoms with Crippen LogP contribution < -0.4 is 9.47 Å². The maximum Gasteiger partial charge on any atom is 0.419 e. The van der Waals surface area contributed by atoms with Crippen LogP contribution in [-0.2, 0) is 19.0 Å². The summed E-state index contributed by atoms with van der Waals surface area (Å²) >= 11 is 0. The number of rotatable bonds is 3. The largest absolute Gasteiger partial charge is 0.456 e. The fourth-order valence-electron chi connectivity index (χ4n) is 6.66. The molecule has 1 aliphatic carbocycles. The van der Waals surface area contributed by atoms with E-state index in [1.54, 1.807) is 18.2 Å². The zero-order chi connectivity index (χ0) is 27.7. The Labute approximate surface area is 234 Å². The molecule has 6 aromatic carbocycles. The molecule has 200 valence electrons. The number of halogens is 3. The summed E-state index contributed by atoms with van der Waals surface area (Å²) in [6.45, 7) is 0. The molecule has 0 bridgehead atoms. The molecule has 2 nitrogen and oxygen atoms in total. The van der Waals surface area contributed by atoms with Gasteiger partial charge in [-0.3, -0.25) is 0 Å². The van der Waals surface area contributed by atoms with Crippen molar-refractivity contribution in [3.8, 4) is 45.3 Å². The Morgan fingerprint density at radius 1 is 0.585 bits per heavy atom. The molecule has 5 heteroatoms. The van der Waals surface area contributed by atoms with E-state index in [0.717, 1.165) is 75.1 Å². The third kappa shape index (κ3) is 3.65. The van der Waals surface area contributed by atoms with Crippen LogP contribution in [-0.4, -0.2) is 0 Å². The molecule has 0 saturated carbocycles. The predicted molar refractivity (Wildman–Crippen MR) is 156 cm³/mol. The van der Waals surface area contributed by atoms with Gasteiger partial charge in [-0.15, -0.1) is 0 Å². The Hall–Kier alpha value is -4.77. The van der Waals surface area contributed by atoms with Crippen LogP contribution in [0.1, 0.15) is 23.1 Å². The molecule has 0 N–H and O–H groups in total. The van der Waals surface area contributed by atoms with E-state index in [-0.39, 0.29) is 5.75 Å². The highest BCUT2D eigenvalue weighted by Gasteiger charge is 2.35. The Bertz CT molecular complexity index is 2020. The molecule has 0 amide bonds. The molecule has 0 saturated heterocycles. The zero-order valence-electron chi connectivity index (χ0n) is 21.9. The van der Waals surface area contributed by atoms with Crippen LogP contribution in [0.5, 0.6) is 23.0 Å². The van der Waals surface area contributed by atoms with E-state index < -0.39 is 11.7 Å². The molecule has 0 aromatic heterocycles. The first kappa shape index (κ1) is 24.1. The lowest BCUT2D eigenvalue weighted by Gasteiger charge is -2.27. The van der Waals surface area contributed by atoms with Crippen molar-refractivity contribution in [3.05, 3.63) is 120 Å². The molecular formula is C36H23F3O2. The summed E-state index contributed by atoms with van der Waals surface area (Å²) in [5.74, 6) is 1.81. The molecule has 0 unspecified atom stereocenters. The van der Waals surface area contributed by atoms with E-state index in [1.165, 1.54) is 28.8 Å². The van der Waals surface area contributed by atoms with Gasteiger partial charge in [0.2, 0.25) is 0 Å². The summed E-state index contributed by atoms with van der Waals surface area (Å²) in [7, 11) is 0. The molecule has 41 heavy (non-hydrogen) atoms. The molecule has 1 aliphatic heterocycles. The van der Waals surface area contributed by atoms with Gasteiger partial charge in [0.05, 0.1) is 5.56 Å². The van der Waals surface area contributed by atoms with Gasteiger partial charge in [-0.25, -0.2) is 0 Å². The van der Waals surface area contributed by atoms with Crippen LogP contribution in [0.4, 0.5) is 13.2 Å². The van der Waals surface area contributed by atoms with Gasteiger partial charge in [0.25, 0.3) is 0 Å². The molecule has 0 radical (unpaired) electrons. The highest BCUT2D eigenvalue weighted by Crippen LogP contribution is 2.56. The first-order valence-electron chi connectivity index (χ1n) is 13.7. The monoisotopic (exact) mass is 544 g/mol. The maximum absolute atomic E-state index is 13.8. The minimum atomic E-state index is -4.53. The Kier molecular flexibility index (Phi) is 5.20. The average Bonchev–Trinajstić information content (AvgIpc) is 3.47. The number of benzene rings is 6. The van der Waals surface area contributed by atoms with E-state index in [2.05, 4.69) is 36.4 Å². The van der Waals surface area contributed by atoms with Gasteiger partial charge in [-0.1, -0.05) is 72.8 Å². The van der Waals surface area contributed by atoms with Crippen molar-refractivity contribution in [2.75, 3.05) is 0 Å². The van der Waals surface area contributed by atoms with Crippen LogP contribution in [0.3, 0.4) is 0 Å². The van der Waals surface area contributed by atoms with Gasteiger partial charge < -0.3 is 9.47 Å². The summed E-state index contributed by atoms with van der Waals surface area (Å²) in [6, 6.07) is 31.4. The van der Waals surface area contributed by atoms with Gasteiger partial charge in [-0.05, 0) is 82.4 Å². The third-order valence-electron chi connectivity index (χ3n) is 8.30. The van der Waals surface area contributed by atoms with Crippen molar-refractivity contribution in [2.45, 2.75) is 25.4 Å². The number of hydrogen-bond acceptors (Lipinski definition) is 2. The number of fused-ring (bicyclic) bond motifs is 6. The van der Waals surface area contributed by atoms with E-state index in [0.29, 0.717) is 5.75 Å². The first-order chi connectivity index (χ1) is 20.0. The molecule has 0 spiro atoms. The number of alkyl halides is 3. The summed E-state index contributed by atoms with van der Waals surface area (Å²) in [5.41, 5.74) is 5.82. The molecule has 8 rings (SSSR count). The second-order valence-electron chi connectivity index (χ2n) is 10.6. The van der Waals surface area contributed by atoms with Gasteiger partial charge >= 0.3 is 6.18 Å². The molecule has 2 aliphatic rings. The first-order valence-corrected chi connectivity index (χ1v) is 13.7. The highest BCUT2D eigenvalue weighted by atomic mass is 19.4. The number of hydrogen-bond donors (Lipinski definition) is 0. The van der Waals surface area contributed by atoms with Gasteiger partial charge in [0.1, 0.15) is 23.0 Å². The van der Waals surface area contributed by atoms with E-state index in [1.807, 2.05) is 30.3 Å². The minimum Gasteiger partial charge on any atom is -0.456 e. The smallest absolute Gasteiger partial charge is 0.419 e. The summed E-state index contributed by atoms with van der Waals surface area (Å²) in [4.78, 5) is 0. The van der Waals surface area contributed by atoms with Crippen molar-refractivity contribution in [3.63, 3.8) is 0 Å². The van der Waals surface area contributed by atoms with Crippen molar-refractivity contribution in [1.29, 1.82) is 0 Å². The second-order valence-corrected chi connectivity index (χ2v) is 10.6. The van der Waals surface area contributed by atoms with E-state index >= 15 is 0 Å². The summed E-state index contributed by atoms with van der Waals surface area (Å²) in [6.07, 6.45) is -1.72. The lowest BCUT2D eigenvalue weighted by Crippen LogP contribution is -2.07. The number of ether oxygens (including phenoxy) is 2. The topological polar surface area (TPSA) is 18.5 Å². The van der Waals surface area contributed by atoms with Crippen LogP contribution in [0.15, 0.2) is 103 Å². The number of para-hydroxylation sites is 2. The third-order valence-corrected chi connectivity index (χ3v) is 8.30. The Balaban J connectivity index is 1.41. The minimum absolute atomic E-state index is 0.212. The highest BCUT2D eigenvalue weighted by molar-refractivity contribution is 6.17. The molecular weight excluding hydrogens is 521 g/mol. The second kappa shape index (κ2) is 8.87. The van der Waals surface area contributed by atoms with Crippen molar-refractivity contribution >= 4 is 21.5 Å². The fourth-order valence-corrected chi connectivity index (χ4v) is 6.66. The fraction of sp³-hybridized carbons (Fsp3) is 0.111. The van der Waals surface area contributed by atoms with Crippen molar-refractivity contribution in [1.82, 2.24) is 0 Å². The van der Waals surface area contributed by atoms with Crippen LogP contribution in [0.25, 0.3) is 43.8 Å². The quantitative estimate of drug-likeness (QED) is 0.220. The normalized spacial score (nSPS) is 13.6. The lowest BCUT2D eigenvalue weighted by molar-refractivity contribution is -0.138. The maximum atomic E-state index is 13.8. The molecule has 1 heterocycles. The van der Waals surface area contributed by atoms with E-state index in [4.69, 9.17) is 9.47 Å². The van der Waals surface area contributed by atoms with Gasteiger partial charge in [0, 0.05) is 22.1 Å². The van der Waals surface area contributed by atoms with Crippen LogP contribution in [0, 0.1) is 0 Å². The van der Waals surface area contributed by atoms with Gasteiger partial charge in [0.15, 0.2) is 0 Å². The van der Waals surface area contributed by atoms with Crippen molar-refractivity contribution in [2.24, 2.45) is 0 Å². The molecule has 6 aromatic rings. The predicted octanol–water partition coefficient (Wildman–Crippen LogP) is 10.7. The lowest BCUT2D eigenvalue weighted by atomic mass is 9.82. The molecule has 0 atom stereocenters. The Morgan fingerprint density at radius 2 is 1.29 bits per heavy atom. The Morgan fingerprint density at radius 3 is 2.15 bits per heavy atom. The van der Waals surface area contributed by atoms with Crippen molar-refractivity contribution < 1.29 is 22.6 Å². The van der Waals surface area contributed by atoms with E-state index in [9.17, 15) is 13.2 Å². The summed E-state index contributed by atoms with van der Waals surface area (Å²) in [5, 5.41) is 4.35.